The summed E-state index contributed by atoms with van der Waals surface area (Å²) in [5.74, 6) is 0.160. The first-order valence-electron chi connectivity index (χ1n) is 5.46. The van der Waals surface area contributed by atoms with Crippen LogP contribution in [0.3, 0.4) is 0 Å². The molecule has 0 saturated heterocycles. The van der Waals surface area contributed by atoms with E-state index < -0.39 is 6.10 Å². The van der Waals surface area contributed by atoms with E-state index in [0.29, 0.717) is 17.4 Å². The van der Waals surface area contributed by atoms with Crippen LogP contribution in [0.15, 0.2) is 24.3 Å². The summed E-state index contributed by atoms with van der Waals surface area (Å²) < 4.78 is 10.2. The normalized spacial score (nSPS) is 11.9. The number of carbonyl (C=O) groups excluding carboxylic acids is 1. The minimum absolute atomic E-state index is 0.284. The molecule has 0 aliphatic rings. The van der Waals surface area contributed by atoms with Gasteiger partial charge in [0.2, 0.25) is 0 Å². The van der Waals surface area contributed by atoms with Crippen LogP contribution in [0.25, 0.3) is 0 Å². The summed E-state index contributed by atoms with van der Waals surface area (Å²) in [7, 11) is 1.55. The Balaban J connectivity index is 2.35. The Kier molecular flexibility index (Phi) is 6.49. The van der Waals surface area contributed by atoms with Crippen molar-refractivity contribution in [3.8, 4) is 5.75 Å². The minimum Gasteiger partial charge on any atom is -0.481 e. The highest BCUT2D eigenvalue weighted by Gasteiger charge is 2.14. The predicted molar refractivity (Wildman–Crippen MR) is 67.5 cm³/mol. The third-order valence-corrected chi connectivity index (χ3v) is 2.28. The Hall–Kier alpha value is -1.30. The van der Waals surface area contributed by atoms with E-state index in [1.54, 1.807) is 38.3 Å². The Labute approximate surface area is 111 Å². The molecule has 0 aromatic heterocycles. The van der Waals surface area contributed by atoms with Gasteiger partial charge in [0.15, 0.2) is 6.10 Å². The molecule has 0 saturated carbocycles. The standard InChI is InChI=1S/C12H16ClNO4/c1-9(12(15)14-17-7-6-16-2)18-11-5-3-4-10(13)8-11/h3-5,8-9H,6-7H2,1-2H3,(H,14,15). The zero-order chi connectivity index (χ0) is 13.4. The molecule has 1 atom stereocenters. The molecule has 0 fully saturated rings. The quantitative estimate of drug-likeness (QED) is 0.608. The third kappa shape index (κ3) is 5.35. The van der Waals surface area contributed by atoms with Gasteiger partial charge in [-0.15, -0.1) is 0 Å². The van der Waals surface area contributed by atoms with Crippen molar-refractivity contribution < 1.29 is 19.1 Å². The lowest BCUT2D eigenvalue weighted by Gasteiger charge is -2.14. The number of amides is 1. The lowest BCUT2D eigenvalue weighted by Crippen LogP contribution is -2.36. The molecule has 1 amide bonds. The Morgan fingerprint density at radius 2 is 2.22 bits per heavy atom. The summed E-state index contributed by atoms with van der Waals surface area (Å²) in [6, 6.07) is 6.84. The van der Waals surface area contributed by atoms with Crippen LogP contribution < -0.4 is 10.2 Å². The van der Waals surface area contributed by atoms with Crippen molar-refractivity contribution in [1.29, 1.82) is 0 Å². The molecule has 1 aromatic rings. The number of methoxy groups -OCH3 is 1. The largest absolute Gasteiger partial charge is 0.481 e. The molecule has 1 rings (SSSR count). The zero-order valence-electron chi connectivity index (χ0n) is 10.3. The van der Waals surface area contributed by atoms with E-state index in [-0.39, 0.29) is 12.5 Å². The van der Waals surface area contributed by atoms with Crippen molar-refractivity contribution in [2.75, 3.05) is 20.3 Å². The lowest BCUT2D eigenvalue weighted by atomic mass is 10.3. The second-order valence-corrected chi connectivity index (χ2v) is 3.96. The average molecular weight is 274 g/mol. The second-order valence-electron chi connectivity index (χ2n) is 3.53. The fraction of sp³-hybridized carbons (Fsp3) is 0.417. The molecule has 6 heteroatoms. The molecule has 0 aliphatic carbocycles. The van der Waals surface area contributed by atoms with Crippen LogP contribution in [-0.4, -0.2) is 32.3 Å². The summed E-state index contributed by atoms with van der Waals surface area (Å²) in [4.78, 5) is 16.4. The van der Waals surface area contributed by atoms with E-state index in [1.165, 1.54) is 0 Å². The van der Waals surface area contributed by atoms with Gasteiger partial charge in [0.25, 0.3) is 5.91 Å². The Bertz CT molecular complexity index is 386. The number of hydrogen-bond donors (Lipinski definition) is 1. The highest BCUT2D eigenvalue weighted by Crippen LogP contribution is 2.18. The summed E-state index contributed by atoms with van der Waals surface area (Å²) in [5.41, 5.74) is 2.28. The Morgan fingerprint density at radius 3 is 2.89 bits per heavy atom. The highest BCUT2D eigenvalue weighted by molar-refractivity contribution is 6.30. The van der Waals surface area contributed by atoms with E-state index in [9.17, 15) is 4.79 Å². The van der Waals surface area contributed by atoms with Crippen LogP contribution in [0.1, 0.15) is 6.92 Å². The molecule has 5 nitrogen and oxygen atoms in total. The van der Waals surface area contributed by atoms with Gasteiger partial charge in [-0.3, -0.25) is 9.63 Å². The number of carbonyl (C=O) groups is 1. The van der Waals surface area contributed by atoms with Gasteiger partial charge < -0.3 is 9.47 Å². The van der Waals surface area contributed by atoms with Crippen LogP contribution in [0, 0.1) is 0 Å². The fourth-order valence-corrected chi connectivity index (χ4v) is 1.31. The number of benzene rings is 1. The smallest absolute Gasteiger partial charge is 0.284 e. The number of rotatable bonds is 7. The Morgan fingerprint density at radius 1 is 1.44 bits per heavy atom. The van der Waals surface area contributed by atoms with Gasteiger partial charge in [-0.2, -0.15) is 0 Å². The van der Waals surface area contributed by atoms with E-state index in [4.69, 9.17) is 25.9 Å². The summed E-state index contributed by atoms with van der Waals surface area (Å²) in [5, 5.41) is 0.552. The summed E-state index contributed by atoms with van der Waals surface area (Å²) in [6.45, 7) is 2.31. The number of hydrogen-bond acceptors (Lipinski definition) is 4. The van der Waals surface area contributed by atoms with Gasteiger partial charge in [-0.25, -0.2) is 5.48 Å². The second kappa shape index (κ2) is 7.92. The number of halogens is 1. The fourth-order valence-electron chi connectivity index (χ4n) is 1.13. The number of nitrogens with one attached hydrogen (secondary N) is 1. The van der Waals surface area contributed by atoms with E-state index in [1.807, 2.05) is 0 Å². The van der Waals surface area contributed by atoms with Crippen molar-refractivity contribution in [2.24, 2.45) is 0 Å². The first-order valence-corrected chi connectivity index (χ1v) is 5.84. The van der Waals surface area contributed by atoms with Gasteiger partial charge in [0, 0.05) is 12.1 Å². The van der Waals surface area contributed by atoms with Crippen LogP contribution in [0.5, 0.6) is 5.75 Å². The van der Waals surface area contributed by atoms with Crippen molar-refractivity contribution in [2.45, 2.75) is 13.0 Å². The van der Waals surface area contributed by atoms with Crippen LogP contribution in [0.2, 0.25) is 5.02 Å². The predicted octanol–water partition coefficient (Wildman–Crippen LogP) is 1.80. The first kappa shape index (κ1) is 14.8. The third-order valence-electron chi connectivity index (χ3n) is 2.04. The molecule has 0 bridgehead atoms. The van der Waals surface area contributed by atoms with Gasteiger partial charge in [0.1, 0.15) is 5.75 Å². The summed E-state index contributed by atoms with van der Waals surface area (Å²) >= 11 is 5.81. The molecule has 1 aromatic carbocycles. The van der Waals surface area contributed by atoms with Gasteiger partial charge in [-0.1, -0.05) is 17.7 Å². The van der Waals surface area contributed by atoms with Crippen LogP contribution in [-0.2, 0) is 14.4 Å². The molecule has 100 valence electrons. The average Bonchev–Trinajstić information content (AvgIpc) is 2.34. The van der Waals surface area contributed by atoms with Crippen molar-refractivity contribution in [3.63, 3.8) is 0 Å². The monoisotopic (exact) mass is 273 g/mol. The SMILES string of the molecule is COCCONC(=O)C(C)Oc1cccc(Cl)c1. The molecule has 1 N–H and O–H groups in total. The number of hydroxylamine groups is 1. The van der Waals surface area contributed by atoms with E-state index in [2.05, 4.69) is 5.48 Å². The van der Waals surface area contributed by atoms with Crippen molar-refractivity contribution >= 4 is 17.5 Å². The van der Waals surface area contributed by atoms with E-state index >= 15 is 0 Å². The minimum atomic E-state index is -0.675. The molecular formula is C12H16ClNO4. The highest BCUT2D eigenvalue weighted by atomic mass is 35.5. The van der Waals surface area contributed by atoms with Gasteiger partial charge in [0.05, 0.1) is 13.2 Å². The number of ether oxygens (including phenoxy) is 2. The zero-order valence-corrected chi connectivity index (χ0v) is 11.1. The lowest BCUT2D eigenvalue weighted by molar-refractivity contribution is -0.141. The molecule has 18 heavy (non-hydrogen) atoms. The topological polar surface area (TPSA) is 56.8 Å². The molecule has 0 heterocycles. The molecule has 0 aliphatic heterocycles. The maximum absolute atomic E-state index is 11.6. The molecular weight excluding hydrogens is 258 g/mol. The van der Waals surface area contributed by atoms with Gasteiger partial charge in [-0.05, 0) is 25.1 Å². The van der Waals surface area contributed by atoms with Crippen molar-refractivity contribution in [1.82, 2.24) is 5.48 Å². The summed E-state index contributed by atoms with van der Waals surface area (Å²) in [6.07, 6.45) is -0.675. The van der Waals surface area contributed by atoms with Crippen LogP contribution in [0.4, 0.5) is 0 Å². The van der Waals surface area contributed by atoms with E-state index in [0.717, 1.165) is 0 Å². The van der Waals surface area contributed by atoms with Gasteiger partial charge >= 0.3 is 0 Å². The molecule has 0 radical (unpaired) electrons. The maximum atomic E-state index is 11.6. The van der Waals surface area contributed by atoms with Crippen molar-refractivity contribution in [3.05, 3.63) is 29.3 Å². The molecule has 0 spiro atoms. The maximum Gasteiger partial charge on any atom is 0.284 e. The van der Waals surface area contributed by atoms with Crippen LogP contribution >= 0.6 is 11.6 Å². The molecule has 1 unspecified atom stereocenters. The first-order chi connectivity index (χ1) is 8.63.